The summed E-state index contributed by atoms with van der Waals surface area (Å²) in [5.74, 6) is -0.523. The summed E-state index contributed by atoms with van der Waals surface area (Å²) in [6.07, 6.45) is -1.17. The van der Waals surface area contributed by atoms with Crippen LogP contribution in [-0.4, -0.2) is 33.9 Å². The van der Waals surface area contributed by atoms with Gasteiger partial charge in [-0.1, -0.05) is 79.7 Å². The van der Waals surface area contributed by atoms with Crippen molar-refractivity contribution in [2.75, 3.05) is 5.75 Å². The quantitative estimate of drug-likeness (QED) is 0.173. The first-order valence-corrected chi connectivity index (χ1v) is 15.2. The van der Waals surface area contributed by atoms with E-state index in [1.54, 1.807) is 12.1 Å². The summed E-state index contributed by atoms with van der Waals surface area (Å²) >= 11 is 1.47. The first-order chi connectivity index (χ1) is 20.8. The van der Waals surface area contributed by atoms with Crippen LogP contribution in [0.2, 0.25) is 0 Å². The molecule has 43 heavy (non-hydrogen) atoms. The van der Waals surface area contributed by atoms with Crippen LogP contribution in [0.25, 0.3) is 11.1 Å². The van der Waals surface area contributed by atoms with Gasteiger partial charge in [-0.15, -0.1) is 11.8 Å². The highest BCUT2D eigenvalue weighted by atomic mass is 32.2. The molecule has 0 radical (unpaired) electrons. The standard InChI is InChI=1S/C35H35NO6S/c1-22-31(21-43-32-12-4-3-11-30(32)34(39)40)41-35(42-33(22)26-15-13-24(20-37)14-16-26)29-10-6-9-28(18-29)27-8-5-7-25(17-27)19-36-23(2)38/h3-18,22,31,33,35,37H,19-21H2,1-2H3,(H,36,38)(H,39,40)/t22-,31+,33+,35+/m1/s1. The van der Waals surface area contributed by atoms with Gasteiger partial charge in [-0.2, -0.15) is 0 Å². The molecule has 5 rings (SSSR count). The van der Waals surface area contributed by atoms with E-state index < -0.39 is 12.3 Å². The minimum absolute atomic E-state index is 0.0330. The molecular weight excluding hydrogens is 562 g/mol. The first-order valence-electron chi connectivity index (χ1n) is 14.2. The van der Waals surface area contributed by atoms with Crippen molar-refractivity contribution in [1.29, 1.82) is 0 Å². The lowest BCUT2D eigenvalue weighted by molar-refractivity contribution is -0.268. The Morgan fingerprint density at radius 2 is 1.56 bits per heavy atom. The monoisotopic (exact) mass is 597 g/mol. The van der Waals surface area contributed by atoms with Crippen molar-refractivity contribution in [2.45, 2.75) is 50.4 Å². The maximum atomic E-state index is 11.8. The number of ether oxygens (including phenoxy) is 2. The van der Waals surface area contributed by atoms with Gasteiger partial charge in [0.25, 0.3) is 0 Å². The van der Waals surface area contributed by atoms with E-state index in [0.29, 0.717) is 17.2 Å². The van der Waals surface area contributed by atoms with Crippen molar-refractivity contribution in [1.82, 2.24) is 5.32 Å². The van der Waals surface area contributed by atoms with Gasteiger partial charge in [0.15, 0.2) is 6.29 Å². The van der Waals surface area contributed by atoms with Gasteiger partial charge in [-0.25, -0.2) is 4.79 Å². The lowest BCUT2D eigenvalue weighted by Crippen LogP contribution is -2.38. The summed E-state index contributed by atoms with van der Waals surface area (Å²) in [6.45, 7) is 4.01. The number of benzene rings is 4. The van der Waals surface area contributed by atoms with Crippen LogP contribution >= 0.6 is 11.8 Å². The number of carboxylic acids is 1. The van der Waals surface area contributed by atoms with Gasteiger partial charge in [0.2, 0.25) is 5.91 Å². The van der Waals surface area contributed by atoms with Crippen LogP contribution in [0.3, 0.4) is 0 Å². The molecule has 4 atom stereocenters. The SMILES string of the molecule is CC(=O)NCc1cccc(-c2cccc([C@H]3O[C@@H](CSc4ccccc4C(=O)O)[C@@H](C)[C@@H](c4ccc(CO)cc4)O3)c2)c1. The highest BCUT2D eigenvalue weighted by molar-refractivity contribution is 7.99. The Morgan fingerprint density at radius 3 is 2.28 bits per heavy atom. The largest absolute Gasteiger partial charge is 0.478 e. The van der Waals surface area contributed by atoms with Crippen molar-refractivity contribution >= 4 is 23.6 Å². The predicted molar refractivity (Wildman–Crippen MR) is 166 cm³/mol. The van der Waals surface area contributed by atoms with Gasteiger partial charge < -0.3 is 25.0 Å². The Labute approximate surface area is 255 Å². The summed E-state index contributed by atoms with van der Waals surface area (Å²) in [7, 11) is 0. The minimum atomic E-state index is -0.957. The zero-order chi connectivity index (χ0) is 30.3. The highest BCUT2D eigenvalue weighted by Gasteiger charge is 2.38. The number of amides is 1. The van der Waals surface area contributed by atoms with E-state index in [2.05, 4.69) is 24.4 Å². The van der Waals surface area contributed by atoms with Gasteiger partial charge in [-0.05, 0) is 52.1 Å². The van der Waals surface area contributed by atoms with Crippen LogP contribution in [0.4, 0.5) is 0 Å². The number of rotatable bonds is 10. The number of nitrogens with one attached hydrogen (secondary N) is 1. The maximum Gasteiger partial charge on any atom is 0.336 e. The number of carbonyl (C=O) groups is 2. The third kappa shape index (κ3) is 7.53. The van der Waals surface area contributed by atoms with Crippen LogP contribution in [0.1, 0.15) is 58.9 Å². The number of carbonyl (C=O) groups excluding carboxylic acids is 1. The Hall–Kier alpha value is -3.95. The smallest absolute Gasteiger partial charge is 0.336 e. The Kier molecular flexibility index (Phi) is 9.94. The molecular formula is C35H35NO6S. The summed E-state index contributed by atoms with van der Waals surface area (Å²) in [5, 5.41) is 22.1. The Morgan fingerprint density at radius 1 is 0.837 bits per heavy atom. The fourth-order valence-corrected chi connectivity index (χ4v) is 6.41. The van der Waals surface area contributed by atoms with Crippen LogP contribution in [-0.2, 0) is 27.4 Å². The van der Waals surface area contributed by atoms with Crippen LogP contribution in [0.15, 0.2) is 102 Å². The van der Waals surface area contributed by atoms with E-state index >= 15 is 0 Å². The molecule has 1 saturated heterocycles. The lowest BCUT2D eigenvalue weighted by atomic mass is 9.91. The van der Waals surface area contributed by atoms with Crippen molar-refractivity contribution < 1.29 is 29.3 Å². The molecule has 1 fully saturated rings. The molecule has 0 unspecified atom stereocenters. The second kappa shape index (κ2) is 14.0. The molecule has 1 aliphatic heterocycles. The second-order valence-corrected chi connectivity index (χ2v) is 11.7. The lowest BCUT2D eigenvalue weighted by Gasteiger charge is -2.41. The second-order valence-electron chi connectivity index (χ2n) is 10.7. The van der Waals surface area contributed by atoms with Gasteiger partial charge in [0, 0.05) is 35.6 Å². The molecule has 7 nitrogen and oxygen atoms in total. The molecule has 0 saturated carbocycles. The molecule has 0 aliphatic carbocycles. The number of aliphatic hydroxyl groups excluding tert-OH is 1. The topological polar surface area (TPSA) is 105 Å². The molecule has 0 aromatic heterocycles. The molecule has 1 amide bonds. The van der Waals surface area contributed by atoms with E-state index in [0.717, 1.165) is 33.4 Å². The minimum Gasteiger partial charge on any atom is -0.478 e. The number of aromatic carboxylic acids is 1. The summed E-state index contributed by atoms with van der Waals surface area (Å²) < 4.78 is 13.2. The van der Waals surface area contributed by atoms with Crippen LogP contribution in [0, 0.1) is 5.92 Å². The third-order valence-corrected chi connectivity index (χ3v) is 8.77. The Bertz CT molecular complexity index is 1570. The summed E-state index contributed by atoms with van der Waals surface area (Å²) in [5.41, 5.74) is 5.97. The van der Waals surface area contributed by atoms with E-state index in [-0.39, 0.29) is 36.2 Å². The molecule has 8 heteroatoms. The van der Waals surface area contributed by atoms with Gasteiger partial charge in [0.05, 0.1) is 24.4 Å². The zero-order valence-corrected chi connectivity index (χ0v) is 24.9. The number of hydrogen-bond acceptors (Lipinski definition) is 6. The molecule has 4 aromatic carbocycles. The van der Waals surface area contributed by atoms with E-state index in [1.807, 2.05) is 72.8 Å². The van der Waals surface area contributed by atoms with Crippen molar-refractivity contribution in [3.8, 4) is 11.1 Å². The maximum absolute atomic E-state index is 11.8. The van der Waals surface area contributed by atoms with Crippen LogP contribution in [0.5, 0.6) is 0 Å². The van der Waals surface area contributed by atoms with Gasteiger partial charge in [-0.3, -0.25) is 4.79 Å². The molecule has 222 valence electrons. The molecule has 4 aromatic rings. The highest BCUT2D eigenvalue weighted by Crippen LogP contribution is 2.43. The molecule has 3 N–H and O–H groups in total. The average Bonchev–Trinajstić information content (AvgIpc) is 3.03. The molecule has 1 aliphatic rings. The molecule has 0 bridgehead atoms. The van der Waals surface area contributed by atoms with E-state index in [9.17, 15) is 19.8 Å². The number of aliphatic hydroxyl groups is 1. The fraction of sp³-hybridized carbons (Fsp3) is 0.257. The Balaban J connectivity index is 1.43. The molecule has 1 heterocycles. The fourth-order valence-electron chi connectivity index (χ4n) is 5.20. The predicted octanol–water partition coefficient (Wildman–Crippen LogP) is 6.76. The number of hydrogen-bond donors (Lipinski definition) is 3. The number of carboxylic acid groups (broad SMARTS) is 1. The van der Waals surface area contributed by atoms with Gasteiger partial charge >= 0.3 is 5.97 Å². The van der Waals surface area contributed by atoms with Crippen molar-refractivity contribution in [3.05, 3.63) is 125 Å². The summed E-state index contributed by atoms with van der Waals surface area (Å²) in [4.78, 5) is 23.9. The van der Waals surface area contributed by atoms with Crippen molar-refractivity contribution in [3.63, 3.8) is 0 Å². The first kappa shape index (κ1) is 30.5. The van der Waals surface area contributed by atoms with E-state index in [1.165, 1.54) is 18.7 Å². The average molecular weight is 598 g/mol. The van der Waals surface area contributed by atoms with Crippen LogP contribution < -0.4 is 5.32 Å². The molecule has 0 spiro atoms. The van der Waals surface area contributed by atoms with Gasteiger partial charge in [0.1, 0.15) is 0 Å². The van der Waals surface area contributed by atoms with Crippen molar-refractivity contribution in [2.24, 2.45) is 5.92 Å². The summed E-state index contributed by atoms with van der Waals surface area (Å²) in [6, 6.07) is 30.9. The third-order valence-electron chi connectivity index (χ3n) is 7.60. The normalized spacial score (nSPS) is 20.0. The zero-order valence-electron chi connectivity index (χ0n) is 24.1. The number of thioether (sulfide) groups is 1. The van der Waals surface area contributed by atoms with E-state index in [4.69, 9.17) is 9.47 Å².